The molecule has 0 aromatic rings. The van der Waals surface area contributed by atoms with Gasteiger partial charge in [0.25, 0.3) is 0 Å². The number of carbonyl (C=O) groups is 1. The number of carbonyl (C=O) groups excluding carboxylic acids is 1. The van der Waals surface area contributed by atoms with E-state index in [4.69, 9.17) is 0 Å². The molecule has 0 aromatic carbocycles. The minimum atomic E-state index is 0.0450. The zero-order valence-electron chi connectivity index (χ0n) is 6.90. The third kappa shape index (κ3) is 5.56. The van der Waals surface area contributed by atoms with Crippen molar-refractivity contribution in [1.29, 1.82) is 0 Å². The van der Waals surface area contributed by atoms with Crippen LogP contribution in [-0.4, -0.2) is 25.5 Å². The molecular weight excluding hydrogens is 128 g/mol. The smallest absolute Gasteiger partial charge is 0.217 e. The van der Waals surface area contributed by atoms with Gasteiger partial charge in [-0.25, -0.2) is 0 Å². The molecular formula is C7H16N2O. The Morgan fingerprint density at radius 2 is 2.20 bits per heavy atom. The fourth-order valence-corrected chi connectivity index (χ4v) is 0.780. The molecule has 1 unspecified atom stereocenters. The molecule has 0 aromatic heterocycles. The number of rotatable bonds is 4. The summed E-state index contributed by atoms with van der Waals surface area (Å²) in [6.07, 6.45) is 0.982. The molecule has 0 aliphatic carbocycles. The van der Waals surface area contributed by atoms with E-state index in [1.54, 1.807) is 0 Å². The Morgan fingerprint density at radius 1 is 1.60 bits per heavy atom. The molecule has 0 radical (unpaired) electrons. The van der Waals surface area contributed by atoms with Crippen LogP contribution >= 0.6 is 0 Å². The minimum Gasteiger partial charge on any atom is -0.354 e. The largest absolute Gasteiger partial charge is 0.354 e. The molecule has 60 valence electrons. The summed E-state index contributed by atoms with van der Waals surface area (Å²) in [6.45, 7) is 4.48. The lowest BCUT2D eigenvalue weighted by atomic mass is 10.2. The molecule has 3 nitrogen and oxygen atoms in total. The summed E-state index contributed by atoms with van der Waals surface area (Å²) in [6, 6.07) is 0.282. The summed E-state index contributed by atoms with van der Waals surface area (Å²) in [5.74, 6) is 0.0450. The molecule has 0 aliphatic rings. The number of amides is 1. The number of hydrogen-bond acceptors (Lipinski definition) is 2. The summed E-state index contributed by atoms with van der Waals surface area (Å²) in [4.78, 5) is 10.5. The Morgan fingerprint density at radius 3 is 2.60 bits per heavy atom. The van der Waals surface area contributed by atoms with Gasteiger partial charge in [-0.1, -0.05) is 0 Å². The Hall–Kier alpha value is -0.570. The third-order valence-corrected chi connectivity index (χ3v) is 1.28. The standard InChI is InChI=1S/C7H16N2O/c1-6(4-5-8-3)9-7(2)10/h6,8H,4-5H2,1-3H3,(H,9,10). The van der Waals surface area contributed by atoms with Gasteiger partial charge in [0, 0.05) is 13.0 Å². The lowest BCUT2D eigenvalue weighted by Gasteiger charge is -2.10. The maximum Gasteiger partial charge on any atom is 0.217 e. The van der Waals surface area contributed by atoms with Crippen molar-refractivity contribution in [2.24, 2.45) is 0 Å². The van der Waals surface area contributed by atoms with E-state index in [1.165, 1.54) is 6.92 Å². The van der Waals surface area contributed by atoms with Gasteiger partial charge in [-0.05, 0) is 26.9 Å². The van der Waals surface area contributed by atoms with Crippen LogP contribution in [0, 0.1) is 0 Å². The molecule has 0 bridgehead atoms. The highest BCUT2D eigenvalue weighted by molar-refractivity contribution is 5.73. The van der Waals surface area contributed by atoms with Crippen molar-refractivity contribution < 1.29 is 4.79 Å². The van der Waals surface area contributed by atoms with Crippen LogP contribution in [-0.2, 0) is 4.79 Å². The molecule has 10 heavy (non-hydrogen) atoms. The van der Waals surface area contributed by atoms with Crippen molar-refractivity contribution in [3.05, 3.63) is 0 Å². The van der Waals surface area contributed by atoms with E-state index in [-0.39, 0.29) is 11.9 Å². The van der Waals surface area contributed by atoms with Crippen molar-refractivity contribution in [3.8, 4) is 0 Å². The van der Waals surface area contributed by atoms with Gasteiger partial charge in [0.15, 0.2) is 0 Å². The fourth-order valence-electron chi connectivity index (χ4n) is 0.780. The van der Waals surface area contributed by atoms with Gasteiger partial charge in [-0.15, -0.1) is 0 Å². The predicted molar refractivity (Wildman–Crippen MR) is 41.8 cm³/mol. The van der Waals surface area contributed by atoms with Gasteiger partial charge in [0.2, 0.25) is 5.91 Å². The van der Waals surface area contributed by atoms with Gasteiger partial charge in [0.1, 0.15) is 0 Å². The maximum absolute atomic E-state index is 10.5. The number of hydrogen-bond donors (Lipinski definition) is 2. The Kier molecular flexibility index (Phi) is 4.94. The monoisotopic (exact) mass is 144 g/mol. The number of nitrogens with one attached hydrogen (secondary N) is 2. The van der Waals surface area contributed by atoms with Crippen molar-refractivity contribution >= 4 is 5.91 Å². The van der Waals surface area contributed by atoms with E-state index >= 15 is 0 Å². The van der Waals surface area contributed by atoms with Crippen molar-refractivity contribution in [1.82, 2.24) is 10.6 Å². The normalized spacial score (nSPS) is 12.7. The SMILES string of the molecule is CNCCC(C)NC(C)=O. The van der Waals surface area contributed by atoms with E-state index in [0.717, 1.165) is 13.0 Å². The van der Waals surface area contributed by atoms with Crippen LogP contribution in [0.2, 0.25) is 0 Å². The minimum absolute atomic E-state index is 0.0450. The fraction of sp³-hybridized carbons (Fsp3) is 0.857. The molecule has 1 atom stereocenters. The maximum atomic E-state index is 10.5. The van der Waals surface area contributed by atoms with Gasteiger partial charge in [0.05, 0.1) is 0 Å². The summed E-state index contributed by atoms with van der Waals surface area (Å²) in [7, 11) is 1.90. The van der Waals surface area contributed by atoms with Crippen LogP contribution in [0.1, 0.15) is 20.3 Å². The van der Waals surface area contributed by atoms with E-state index in [2.05, 4.69) is 10.6 Å². The van der Waals surface area contributed by atoms with Gasteiger partial charge >= 0.3 is 0 Å². The van der Waals surface area contributed by atoms with Crippen LogP contribution in [0.25, 0.3) is 0 Å². The Labute approximate surface area is 62.2 Å². The van der Waals surface area contributed by atoms with Gasteiger partial charge in [-0.3, -0.25) is 4.79 Å². The average Bonchev–Trinajstić information content (AvgIpc) is 1.82. The first-order valence-corrected chi connectivity index (χ1v) is 3.58. The predicted octanol–water partition coefficient (Wildman–Crippen LogP) is 0.120. The van der Waals surface area contributed by atoms with E-state index in [1.807, 2.05) is 14.0 Å². The molecule has 1 amide bonds. The first-order valence-electron chi connectivity index (χ1n) is 3.58. The first kappa shape index (κ1) is 9.43. The lowest BCUT2D eigenvalue weighted by Crippen LogP contribution is -2.32. The second-order valence-corrected chi connectivity index (χ2v) is 2.49. The van der Waals surface area contributed by atoms with Crippen LogP contribution in [0.5, 0.6) is 0 Å². The summed E-state index contributed by atoms with van der Waals surface area (Å²) in [5, 5.41) is 5.82. The van der Waals surface area contributed by atoms with E-state index in [9.17, 15) is 4.79 Å². The third-order valence-electron chi connectivity index (χ3n) is 1.28. The highest BCUT2D eigenvalue weighted by Gasteiger charge is 2.00. The van der Waals surface area contributed by atoms with E-state index < -0.39 is 0 Å². The van der Waals surface area contributed by atoms with Gasteiger partial charge < -0.3 is 10.6 Å². The average molecular weight is 144 g/mol. The molecule has 0 saturated carbocycles. The summed E-state index contributed by atoms with van der Waals surface area (Å²) in [5.41, 5.74) is 0. The van der Waals surface area contributed by atoms with Crippen LogP contribution in [0.4, 0.5) is 0 Å². The molecule has 3 heteroatoms. The summed E-state index contributed by atoms with van der Waals surface area (Å²) >= 11 is 0. The lowest BCUT2D eigenvalue weighted by molar-refractivity contribution is -0.119. The van der Waals surface area contributed by atoms with Crippen LogP contribution in [0.15, 0.2) is 0 Å². The van der Waals surface area contributed by atoms with E-state index in [0.29, 0.717) is 0 Å². The first-order chi connectivity index (χ1) is 4.66. The van der Waals surface area contributed by atoms with Crippen molar-refractivity contribution in [2.45, 2.75) is 26.3 Å². The second kappa shape index (κ2) is 5.23. The quantitative estimate of drug-likeness (QED) is 0.588. The Balaban J connectivity index is 3.25. The molecule has 0 spiro atoms. The zero-order chi connectivity index (χ0) is 7.98. The summed E-state index contributed by atoms with van der Waals surface area (Å²) < 4.78 is 0. The van der Waals surface area contributed by atoms with Crippen molar-refractivity contribution in [3.63, 3.8) is 0 Å². The molecule has 2 N–H and O–H groups in total. The van der Waals surface area contributed by atoms with Gasteiger partial charge in [-0.2, -0.15) is 0 Å². The Bertz CT molecular complexity index is 104. The molecule has 0 aliphatic heterocycles. The molecule has 0 saturated heterocycles. The molecule has 0 fully saturated rings. The molecule has 0 heterocycles. The highest BCUT2D eigenvalue weighted by Crippen LogP contribution is 1.86. The van der Waals surface area contributed by atoms with Crippen molar-refractivity contribution in [2.75, 3.05) is 13.6 Å². The molecule has 0 rings (SSSR count). The van der Waals surface area contributed by atoms with Crippen LogP contribution < -0.4 is 10.6 Å². The highest BCUT2D eigenvalue weighted by atomic mass is 16.1. The zero-order valence-corrected chi connectivity index (χ0v) is 6.90. The topological polar surface area (TPSA) is 41.1 Å². The second-order valence-electron chi connectivity index (χ2n) is 2.49. The van der Waals surface area contributed by atoms with Crippen LogP contribution in [0.3, 0.4) is 0 Å².